The van der Waals surface area contributed by atoms with E-state index in [1.165, 1.54) is 0 Å². The maximum atomic E-state index is 5.22. The maximum Gasteiger partial charge on any atom is 0.0442 e. The average molecular weight is 138 g/mol. The van der Waals surface area contributed by atoms with Gasteiger partial charge >= 0.3 is 0 Å². The van der Waals surface area contributed by atoms with Crippen LogP contribution in [-0.4, -0.2) is 0 Å². The quantitative estimate of drug-likeness (QED) is 0.423. The van der Waals surface area contributed by atoms with Crippen LogP contribution in [0.1, 0.15) is 20.3 Å². The molecule has 0 saturated carbocycles. The minimum Gasteiger partial charge on any atom is -0.324 e. The van der Waals surface area contributed by atoms with E-state index in [9.17, 15) is 0 Å². The highest BCUT2D eigenvalue weighted by Gasteiger charge is 2.14. The number of hydrogen-bond donors (Lipinski definition) is 2. The molecule has 0 atom stereocenters. The third-order valence-corrected chi connectivity index (χ3v) is 1.73. The van der Waals surface area contributed by atoms with E-state index >= 15 is 0 Å². The lowest BCUT2D eigenvalue weighted by molar-refractivity contribution is 0.479. The Morgan fingerprint density at radius 3 is 2.70 bits per heavy atom. The minimum atomic E-state index is 0.306. The first-order valence-corrected chi connectivity index (χ1v) is 3.50. The molecule has 56 valence electrons. The van der Waals surface area contributed by atoms with Crippen molar-refractivity contribution in [1.82, 2.24) is 5.43 Å². The summed E-state index contributed by atoms with van der Waals surface area (Å²) in [6.07, 6.45) is 7.36. The maximum absolute atomic E-state index is 5.22. The Hall–Kier alpha value is -0.760. The van der Waals surface area contributed by atoms with Gasteiger partial charge in [-0.1, -0.05) is 26.0 Å². The number of hydrazine groups is 1. The molecular weight excluding hydrogens is 124 g/mol. The van der Waals surface area contributed by atoms with Crippen LogP contribution in [0.25, 0.3) is 0 Å². The molecule has 0 unspecified atom stereocenters. The van der Waals surface area contributed by atoms with Crippen LogP contribution in [0.5, 0.6) is 0 Å². The molecule has 0 aromatic heterocycles. The number of nitrogens with one attached hydrogen (secondary N) is 1. The van der Waals surface area contributed by atoms with Gasteiger partial charge in [-0.2, -0.15) is 0 Å². The van der Waals surface area contributed by atoms with Gasteiger partial charge in [0.15, 0.2) is 0 Å². The molecule has 0 fully saturated rings. The van der Waals surface area contributed by atoms with Crippen molar-refractivity contribution < 1.29 is 0 Å². The summed E-state index contributed by atoms with van der Waals surface area (Å²) >= 11 is 0. The molecule has 0 amide bonds. The molecule has 0 aromatic carbocycles. The van der Waals surface area contributed by atoms with Crippen LogP contribution in [0, 0.1) is 5.41 Å². The van der Waals surface area contributed by atoms with Crippen molar-refractivity contribution in [3.05, 3.63) is 23.9 Å². The largest absolute Gasteiger partial charge is 0.324 e. The second-order valence-electron chi connectivity index (χ2n) is 3.33. The van der Waals surface area contributed by atoms with E-state index in [-0.39, 0.29) is 0 Å². The molecule has 10 heavy (non-hydrogen) atoms. The van der Waals surface area contributed by atoms with E-state index in [2.05, 4.69) is 31.4 Å². The highest BCUT2D eigenvalue weighted by molar-refractivity contribution is 5.23. The summed E-state index contributed by atoms with van der Waals surface area (Å²) in [4.78, 5) is 0. The molecule has 1 aliphatic rings. The number of nitrogens with two attached hydrogens (primary N) is 1. The molecular formula is C8H14N2. The van der Waals surface area contributed by atoms with Crippen LogP contribution in [0.4, 0.5) is 0 Å². The summed E-state index contributed by atoms with van der Waals surface area (Å²) in [5, 5.41) is 0. The van der Waals surface area contributed by atoms with Gasteiger partial charge in [0.2, 0.25) is 0 Å². The van der Waals surface area contributed by atoms with E-state index in [0.717, 1.165) is 12.1 Å². The summed E-state index contributed by atoms with van der Waals surface area (Å²) in [6.45, 7) is 4.40. The van der Waals surface area contributed by atoms with Gasteiger partial charge in [-0.05, 0) is 17.9 Å². The highest BCUT2D eigenvalue weighted by Crippen LogP contribution is 2.26. The van der Waals surface area contributed by atoms with Gasteiger partial charge in [-0.3, -0.25) is 5.84 Å². The zero-order chi connectivity index (χ0) is 7.61. The molecule has 2 heteroatoms. The van der Waals surface area contributed by atoms with Gasteiger partial charge in [0.1, 0.15) is 0 Å². The molecule has 0 saturated heterocycles. The second kappa shape index (κ2) is 2.46. The Bertz CT molecular complexity index is 178. The average Bonchev–Trinajstić information content (AvgIpc) is 1.88. The monoisotopic (exact) mass is 138 g/mol. The Morgan fingerprint density at radius 1 is 1.60 bits per heavy atom. The Kier molecular flexibility index (Phi) is 1.81. The van der Waals surface area contributed by atoms with Gasteiger partial charge in [-0.15, -0.1) is 0 Å². The standard InChI is InChI=1S/C8H14N2/c1-8(2)5-3-7(10-9)4-6-8/h3-5,10H,6,9H2,1-2H3. The van der Waals surface area contributed by atoms with Crippen molar-refractivity contribution >= 4 is 0 Å². The topological polar surface area (TPSA) is 38.0 Å². The molecule has 0 aromatic rings. The third kappa shape index (κ3) is 1.61. The summed E-state index contributed by atoms with van der Waals surface area (Å²) < 4.78 is 0. The Balaban J connectivity index is 2.63. The summed E-state index contributed by atoms with van der Waals surface area (Å²) in [7, 11) is 0. The summed E-state index contributed by atoms with van der Waals surface area (Å²) in [5.74, 6) is 5.22. The van der Waals surface area contributed by atoms with Crippen molar-refractivity contribution in [3.8, 4) is 0 Å². The van der Waals surface area contributed by atoms with E-state index in [1.807, 2.05) is 6.08 Å². The van der Waals surface area contributed by atoms with Crippen molar-refractivity contribution in [2.24, 2.45) is 11.3 Å². The lowest BCUT2D eigenvalue weighted by Gasteiger charge is -2.22. The van der Waals surface area contributed by atoms with E-state index in [1.54, 1.807) is 0 Å². The van der Waals surface area contributed by atoms with Crippen LogP contribution in [0.2, 0.25) is 0 Å². The first-order valence-electron chi connectivity index (χ1n) is 3.50. The van der Waals surface area contributed by atoms with Crippen LogP contribution in [0.15, 0.2) is 23.9 Å². The van der Waals surface area contributed by atoms with Gasteiger partial charge < -0.3 is 5.43 Å². The van der Waals surface area contributed by atoms with Crippen LogP contribution in [-0.2, 0) is 0 Å². The first-order chi connectivity index (χ1) is 4.64. The smallest absolute Gasteiger partial charge is 0.0442 e. The summed E-state index contributed by atoms with van der Waals surface area (Å²) in [5.41, 5.74) is 3.94. The van der Waals surface area contributed by atoms with Crippen molar-refractivity contribution in [2.75, 3.05) is 0 Å². The van der Waals surface area contributed by atoms with Crippen LogP contribution >= 0.6 is 0 Å². The number of hydrogen-bond acceptors (Lipinski definition) is 2. The normalized spacial score (nSPS) is 22.1. The number of rotatable bonds is 1. The third-order valence-electron chi connectivity index (χ3n) is 1.73. The minimum absolute atomic E-state index is 0.306. The van der Waals surface area contributed by atoms with Gasteiger partial charge in [0.05, 0.1) is 0 Å². The van der Waals surface area contributed by atoms with E-state index in [0.29, 0.717) is 5.41 Å². The molecule has 0 aliphatic heterocycles. The van der Waals surface area contributed by atoms with Crippen molar-refractivity contribution in [3.63, 3.8) is 0 Å². The van der Waals surface area contributed by atoms with E-state index in [4.69, 9.17) is 5.84 Å². The molecule has 3 N–H and O–H groups in total. The second-order valence-corrected chi connectivity index (χ2v) is 3.33. The molecule has 0 radical (unpaired) electrons. The fourth-order valence-corrected chi connectivity index (χ4v) is 0.931. The lowest BCUT2D eigenvalue weighted by atomic mass is 9.85. The molecule has 0 spiro atoms. The van der Waals surface area contributed by atoms with Gasteiger partial charge in [0, 0.05) is 5.70 Å². The molecule has 2 nitrogen and oxygen atoms in total. The van der Waals surface area contributed by atoms with E-state index < -0.39 is 0 Å². The zero-order valence-electron chi connectivity index (χ0n) is 6.52. The van der Waals surface area contributed by atoms with Crippen molar-refractivity contribution in [1.29, 1.82) is 0 Å². The van der Waals surface area contributed by atoms with Gasteiger partial charge in [-0.25, -0.2) is 0 Å². The van der Waals surface area contributed by atoms with Gasteiger partial charge in [0.25, 0.3) is 0 Å². The fourth-order valence-electron chi connectivity index (χ4n) is 0.931. The predicted molar refractivity (Wildman–Crippen MR) is 42.9 cm³/mol. The first kappa shape index (κ1) is 7.35. The van der Waals surface area contributed by atoms with Crippen molar-refractivity contribution in [2.45, 2.75) is 20.3 Å². The zero-order valence-corrected chi connectivity index (χ0v) is 6.52. The Labute approximate surface area is 61.8 Å². The molecule has 0 bridgehead atoms. The SMILES string of the molecule is CC1(C)C=CC(NN)=CC1. The molecule has 1 rings (SSSR count). The fraction of sp³-hybridized carbons (Fsp3) is 0.500. The molecule has 0 heterocycles. The highest BCUT2D eigenvalue weighted by atomic mass is 15.2. The van der Waals surface area contributed by atoms with Crippen LogP contribution < -0.4 is 11.3 Å². The summed E-state index contributed by atoms with van der Waals surface area (Å²) in [6, 6.07) is 0. The molecule has 1 aliphatic carbocycles. The van der Waals surface area contributed by atoms with Crippen LogP contribution in [0.3, 0.4) is 0 Å². The number of allylic oxidation sites excluding steroid dienone is 3. The lowest BCUT2D eigenvalue weighted by Crippen LogP contribution is -2.22. The Morgan fingerprint density at radius 2 is 2.30 bits per heavy atom. The predicted octanol–water partition coefficient (Wildman–Crippen LogP) is 1.32.